The van der Waals surface area contributed by atoms with Crippen LogP contribution in [0.25, 0.3) is 0 Å². The molecule has 0 aliphatic rings. The standard InChI is InChI=1S/C17H18ClF3N2O5P/c1-23(2,29(3)26)10-27-16-9-12(5-6-14(16)22(24)25)28-15-7-4-11(8-13(15)18)17(19,20)21/h4-9,29H,10H2,1-3H3/q+1. The third-order valence-corrected chi connectivity index (χ3v) is 6.14. The molecule has 0 aliphatic carbocycles. The van der Waals surface area contributed by atoms with Gasteiger partial charge in [-0.2, -0.15) is 13.2 Å². The molecule has 0 heterocycles. The van der Waals surface area contributed by atoms with E-state index in [2.05, 4.69) is 0 Å². The highest BCUT2D eigenvalue weighted by Gasteiger charge is 2.31. The van der Waals surface area contributed by atoms with E-state index in [0.717, 1.165) is 24.3 Å². The maximum Gasteiger partial charge on any atom is 0.416 e. The first-order chi connectivity index (χ1) is 13.3. The molecule has 7 nitrogen and oxygen atoms in total. The van der Waals surface area contributed by atoms with Gasteiger partial charge in [0.05, 0.1) is 29.6 Å². The number of nitro benzene ring substituents is 1. The molecule has 0 fully saturated rings. The lowest BCUT2D eigenvalue weighted by Gasteiger charge is -2.26. The average Bonchev–Trinajstić information content (AvgIpc) is 2.60. The minimum Gasteiger partial charge on any atom is -0.456 e. The number of benzene rings is 2. The summed E-state index contributed by atoms with van der Waals surface area (Å²) in [4.78, 5) is 10.6. The Kier molecular flexibility index (Phi) is 6.82. The van der Waals surface area contributed by atoms with Crippen molar-refractivity contribution in [3.63, 3.8) is 0 Å². The number of rotatable bonds is 7. The Morgan fingerprint density at radius 1 is 1.17 bits per heavy atom. The van der Waals surface area contributed by atoms with Crippen LogP contribution in [0.3, 0.4) is 0 Å². The number of nitrogens with zero attached hydrogens (tertiary/aromatic N) is 2. The maximum absolute atomic E-state index is 12.7. The van der Waals surface area contributed by atoms with Crippen LogP contribution in [0.5, 0.6) is 17.2 Å². The highest BCUT2D eigenvalue weighted by atomic mass is 35.5. The molecule has 0 aliphatic heterocycles. The molecular weight excluding hydrogens is 436 g/mol. The first-order valence-corrected chi connectivity index (χ1v) is 10.3. The molecule has 0 spiro atoms. The highest BCUT2D eigenvalue weighted by Crippen LogP contribution is 2.39. The fraction of sp³-hybridized carbons (Fsp3) is 0.294. The summed E-state index contributed by atoms with van der Waals surface area (Å²) in [6.45, 7) is 1.44. The van der Waals surface area contributed by atoms with Gasteiger partial charge in [-0.25, -0.2) is 0 Å². The van der Waals surface area contributed by atoms with Gasteiger partial charge < -0.3 is 9.47 Å². The summed E-state index contributed by atoms with van der Waals surface area (Å²) in [5.74, 6) is -0.124. The van der Waals surface area contributed by atoms with Gasteiger partial charge in [-0.15, -0.1) is 0 Å². The lowest BCUT2D eigenvalue weighted by Crippen LogP contribution is -2.35. The maximum atomic E-state index is 12.7. The molecule has 29 heavy (non-hydrogen) atoms. The summed E-state index contributed by atoms with van der Waals surface area (Å²) in [6.07, 6.45) is -4.55. The van der Waals surface area contributed by atoms with Crippen LogP contribution in [0.2, 0.25) is 5.02 Å². The molecule has 0 bridgehead atoms. The summed E-state index contributed by atoms with van der Waals surface area (Å²) in [6, 6.07) is 6.20. The minimum absolute atomic E-state index is 0.00234. The summed E-state index contributed by atoms with van der Waals surface area (Å²) < 4.78 is 60.9. The van der Waals surface area contributed by atoms with Crippen molar-refractivity contribution >= 4 is 25.2 Å². The van der Waals surface area contributed by atoms with Crippen molar-refractivity contribution in [2.24, 2.45) is 0 Å². The Hall–Kier alpha value is -2.29. The van der Waals surface area contributed by atoms with Crippen molar-refractivity contribution in [1.29, 1.82) is 0 Å². The van der Waals surface area contributed by atoms with Gasteiger partial charge in [0.25, 0.3) is 0 Å². The molecule has 0 radical (unpaired) electrons. The molecule has 158 valence electrons. The molecule has 1 unspecified atom stereocenters. The topological polar surface area (TPSA) is 78.7 Å². The Morgan fingerprint density at radius 3 is 2.34 bits per heavy atom. The van der Waals surface area contributed by atoms with Crippen molar-refractivity contribution in [2.45, 2.75) is 6.18 Å². The summed E-state index contributed by atoms with van der Waals surface area (Å²) in [5.41, 5.74) is -1.27. The Balaban J connectivity index is 2.31. The molecule has 0 aromatic heterocycles. The van der Waals surface area contributed by atoms with E-state index < -0.39 is 24.6 Å². The first-order valence-electron chi connectivity index (χ1n) is 8.11. The quantitative estimate of drug-likeness (QED) is 0.237. The number of alkyl halides is 3. The Bertz CT molecular complexity index is 953. The molecule has 0 amide bonds. The van der Waals surface area contributed by atoms with E-state index in [-0.39, 0.29) is 38.9 Å². The molecule has 2 aromatic rings. The van der Waals surface area contributed by atoms with Gasteiger partial charge in [0.2, 0.25) is 20.4 Å². The van der Waals surface area contributed by atoms with Crippen molar-refractivity contribution in [2.75, 3.05) is 27.5 Å². The van der Waals surface area contributed by atoms with Gasteiger partial charge in [-0.1, -0.05) is 11.6 Å². The second kappa shape index (κ2) is 8.61. The van der Waals surface area contributed by atoms with E-state index in [1.165, 1.54) is 18.8 Å². The zero-order valence-electron chi connectivity index (χ0n) is 15.6. The first kappa shape index (κ1) is 23.0. The van der Waals surface area contributed by atoms with E-state index in [9.17, 15) is 27.9 Å². The predicted octanol–water partition coefficient (Wildman–Crippen LogP) is 5.58. The zero-order valence-corrected chi connectivity index (χ0v) is 17.4. The van der Waals surface area contributed by atoms with Crippen LogP contribution in [-0.4, -0.2) is 36.7 Å². The van der Waals surface area contributed by atoms with Crippen molar-refractivity contribution < 1.29 is 36.4 Å². The normalized spacial score (nSPS) is 13.1. The zero-order chi connectivity index (χ0) is 22.0. The number of nitro groups is 1. The second-order valence-corrected chi connectivity index (χ2v) is 9.27. The van der Waals surface area contributed by atoms with Crippen LogP contribution < -0.4 is 9.47 Å². The monoisotopic (exact) mass is 453 g/mol. The van der Waals surface area contributed by atoms with Crippen LogP contribution >= 0.6 is 19.6 Å². The summed E-state index contributed by atoms with van der Waals surface area (Å²) in [5, 5.41) is 11.0. The molecule has 0 saturated heterocycles. The van der Waals surface area contributed by atoms with Crippen LogP contribution in [-0.2, 0) is 10.7 Å². The average molecular weight is 454 g/mol. The minimum atomic E-state index is -4.55. The number of hydrogen-bond acceptors (Lipinski definition) is 5. The van der Waals surface area contributed by atoms with Gasteiger partial charge in [0.1, 0.15) is 11.5 Å². The number of ether oxygens (including phenoxy) is 2. The lowest BCUT2D eigenvalue weighted by atomic mass is 10.2. The summed E-state index contributed by atoms with van der Waals surface area (Å²) >= 11 is 5.86. The van der Waals surface area contributed by atoms with Gasteiger partial charge in [-0.3, -0.25) is 18.9 Å². The molecule has 2 rings (SSSR count). The van der Waals surface area contributed by atoms with E-state index in [0.29, 0.717) is 0 Å². The lowest BCUT2D eigenvalue weighted by molar-refractivity contribution is -0.783. The number of halogens is 4. The van der Waals surface area contributed by atoms with E-state index in [1.54, 1.807) is 14.1 Å². The largest absolute Gasteiger partial charge is 0.456 e. The van der Waals surface area contributed by atoms with Gasteiger partial charge in [0.15, 0.2) is 0 Å². The Morgan fingerprint density at radius 2 is 1.83 bits per heavy atom. The molecule has 2 aromatic carbocycles. The smallest absolute Gasteiger partial charge is 0.416 e. The highest BCUT2D eigenvalue weighted by molar-refractivity contribution is 7.37. The SMILES string of the molecule is C[PH](=O)[N+](C)(C)COc1cc(Oc2ccc(C(F)(F)F)cc2Cl)ccc1[N+](=O)[O-]. The van der Waals surface area contributed by atoms with Crippen molar-refractivity contribution in [1.82, 2.24) is 0 Å². The fourth-order valence-corrected chi connectivity index (χ4v) is 2.50. The van der Waals surface area contributed by atoms with E-state index in [4.69, 9.17) is 21.1 Å². The van der Waals surface area contributed by atoms with Crippen LogP contribution in [0.1, 0.15) is 5.56 Å². The fourth-order valence-electron chi connectivity index (χ4n) is 2.03. The van der Waals surface area contributed by atoms with Gasteiger partial charge in [-0.05, 0) is 24.3 Å². The van der Waals surface area contributed by atoms with Gasteiger partial charge in [0, 0.05) is 18.8 Å². The molecule has 12 heteroatoms. The second-order valence-electron chi connectivity index (χ2n) is 6.61. The van der Waals surface area contributed by atoms with E-state index >= 15 is 0 Å². The molecule has 1 atom stereocenters. The molecule has 0 saturated carbocycles. The van der Waals surface area contributed by atoms with Gasteiger partial charge >= 0.3 is 11.9 Å². The third kappa shape index (κ3) is 5.85. The van der Waals surface area contributed by atoms with Crippen molar-refractivity contribution in [3.8, 4) is 17.2 Å². The molecular formula is C17H18ClF3N2O5P+. The van der Waals surface area contributed by atoms with E-state index in [1.807, 2.05) is 0 Å². The number of hydrogen-bond donors (Lipinski definition) is 0. The molecule has 0 N–H and O–H groups in total. The Labute approximate surface area is 170 Å². The number of quaternary nitrogens is 1. The van der Waals surface area contributed by atoms with Crippen LogP contribution in [0, 0.1) is 10.1 Å². The summed E-state index contributed by atoms with van der Waals surface area (Å²) in [7, 11) is 1.26. The van der Waals surface area contributed by atoms with Crippen LogP contribution in [0.15, 0.2) is 36.4 Å². The van der Waals surface area contributed by atoms with Crippen molar-refractivity contribution in [3.05, 3.63) is 57.1 Å². The third-order valence-electron chi connectivity index (χ3n) is 4.01. The van der Waals surface area contributed by atoms with Crippen LogP contribution in [0.4, 0.5) is 18.9 Å². The predicted molar refractivity (Wildman–Crippen MR) is 102 cm³/mol.